The van der Waals surface area contributed by atoms with Crippen molar-refractivity contribution in [3.8, 4) is 0 Å². The van der Waals surface area contributed by atoms with Crippen LogP contribution in [0, 0.1) is 5.82 Å². The zero-order valence-corrected chi connectivity index (χ0v) is 11.0. The Bertz CT molecular complexity index is 447. The van der Waals surface area contributed by atoms with Crippen LogP contribution in [0.4, 0.5) is 17.6 Å². The van der Waals surface area contributed by atoms with Gasteiger partial charge in [0.1, 0.15) is 12.4 Å². The zero-order valence-electron chi connectivity index (χ0n) is 9.39. The summed E-state index contributed by atoms with van der Waals surface area (Å²) in [5, 5.41) is 0. The molecule has 0 atom stereocenters. The van der Waals surface area contributed by atoms with Gasteiger partial charge in [-0.3, -0.25) is 4.79 Å². The molecule has 0 N–H and O–H groups in total. The summed E-state index contributed by atoms with van der Waals surface area (Å²) in [4.78, 5) is 12.5. The van der Waals surface area contributed by atoms with E-state index in [0.29, 0.717) is 4.90 Å². The SMILES string of the molecule is CCN(CC(F)(F)F)C(=O)c1cc(F)ccc1Br. The Labute approximate surface area is 110 Å². The molecule has 0 saturated heterocycles. The normalized spacial score (nSPS) is 11.4. The average Bonchev–Trinajstić information content (AvgIpc) is 2.27. The van der Waals surface area contributed by atoms with Gasteiger partial charge in [0.05, 0.1) is 5.56 Å². The summed E-state index contributed by atoms with van der Waals surface area (Å²) in [7, 11) is 0. The minimum Gasteiger partial charge on any atom is -0.330 e. The van der Waals surface area contributed by atoms with Crippen molar-refractivity contribution in [2.45, 2.75) is 13.1 Å². The van der Waals surface area contributed by atoms with Crippen LogP contribution in [0.3, 0.4) is 0 Å². The van der Waals surface area contributed by atoms with Crippen molar-refractivity contribution in [3.63, 3.8) is 0 Å². The van der Waals surface area contributed by atoms with Crippen LogP contribution in [0.2, 0.25) is 0 Å². The average molecular weight is 328 g/mol. The van der Waals surface area contributed by atoms with E-state index in [4.69, 9.17) is 0 Å². The second-order valence-electron chi connectivity index (χ2n) is 3.56. The summed E-state index contributed by atoms with van der Waals surface area (Å²) in [6.45, 7) is -0.0383. The van der Waals surface area contributed by atoms with Crippen molar-refractivity contribution in [2.24, 2.45) is 0 Å². The molecule has 0 unspecified atom stereocenters. The molecular weight excluding hydrogens is 318 g/mol. The lowest BCUT2D eigenvalue weighted by atomic mass is 10.2. The maximum atomic E-state index is 13.0. The first-order valence-electron chi connectivity index (χ1n) is 5.05. The maximum Gasteiger partial charge on any atom is 0.406 e. The highest BCUT2D eigenvalue weighted by atomic mass is 79.9. The van der Waals surface area contributed by atoms with E-state index in [1.54, 1.807) is 0 Å². The van der Waals surface area contributed by atoms with Gasteiger partial charge in [0, 0.05) is 11.0 Å². The molecule has 18 heavy (non-hydrogen) atoms. The molecule has 1 aromatic carbocycles. The van der Waals surface area contributed by atoms with Gasteiger partial charge in [-0.25, -0.2) is 4.39 Å². The van der Waals surface area contributed by atoms with Crippen LogP contribution >= 0.6 is 15.9 Å². The van der Waals surface area contributed by atoms with Crippen LogP contribution in [0.15, 0.2) is 22.7 Å². The first kappa shape index (κ1) is 14.9. The molecule has 0 aromatic heterocycles. The van der Waals surface area contributed by atoms with Gasteiger partial charge in [-0.05, 0) is 41.1 Å². The van der Waals surface area contributed by atoms with Crippen LogP contribution < -0.4 is 0 Å². The monoisotopic (exact) mass is 327 g/mol. The van der Waals surface area contributed by atoms with Crippen LogP contribution in [0.25, 0.3) is 0 Å². The quantitative estimate of drug-likeness (QED) is 0.776. The fourth-order valence-electron chi connectivity index (χ4n) is 1.38. The topological polar surface area (TPSA) is 20.3 Å². The molecule has 0 aliphatic rings. The Morgan fingerprint density at radius 1 is 1.39 bits per heavy atom. The molecule has 0 saturated carbocycles. The lowest BCUT2D eigenvalue weighted by Gasteiger charge is -2.22. The number of benzene rings is 1. The van der Waals surface area contributed by atoms with E-state index in [1.807, 2.05) is 0 Å². The van der Waals surface area contributed by atoms with E-state index in [-0.39, 0.29) is 16.6 Å². The summed E-state index contributed by atoms with van der Waals surface area (Å²) >= 11 is 3.01. The van der Waals surface area contributed by atoms with Gasteiger partial charge in [-0.15, -0.1) is 0 Å². The molecule has 0 bridgehead atoms. The van der Waals surface area contributed by atoms with Crippen molar-refractivity contribution >= 4 is 21.8 Å². The van der Waals surface area contributed by atoms with E-state index >= 15 is 0 Å². The molecule has 0 fully saturated rings. The Morgan fingerprint density at radius 2 is 2.00 bits per heavy atom. The standard InChI is InChI=1S/C11H10BrF4NO/c1-2-17(6-11(14,15)16)10(18)8-5-7(13)3-4-9(8)12/h3-5H,2,6H2,1H3. The van der Waals surface area contributed by atoms with E-state index < -0.39 is 24.4 Å². The number of hydrogen-bond donors (Lipinski definition) is 0. The second kappa shape index (κ2) is 5.69. The van der Waals surface area contributed by atoms with Gasteiger partial charge >= 0.3 is 6.18 Å². The van der Waals surface area contributed by atoms with Gasteiger partial charge in [0.2, 0.25) is 0 Å². The van der Waals surface area contributed by atoms with Crippen molar-refractivity contribution in [1.29, 1.82) is 0 Å². The van der Waals surface area contributed by atoms with E-state index in [0.717, 1.165) is 12.1 Å². The number of carbonyl (C=O) groups excluding carboxylic acids is 1. The molecule has 1 aromatic rings. The maximum absolute atomic E-state index is 13.0. The summed E-state index contributed by atoms with van der Waals surface area (Å²) in [5.74, 6) is -1.54. The predicted molar refractivity (Wildman–Crippen MR) is 61.7 cm³/mol. The van der Waals surface area contributed by atoms with Gasteiger partial charge in [-0.2, -0.15) is 13.2 Å². The molecule has 1 amide bonds. The van der Waals surface area contributed by atoms with Gasteiger partial charge in [0.15, 0.2) is 0 Å². The molecule has 0 spiro atoms. The highest BCUT2D eigenvalue weighted by Gasteiger charge is 2.33. The van der Waals surface area contributed by atoms with Crippen LogP contribution in [0.5, 0.6) is 0 Å². The Hall–Kier alpha value is -1.11. The van der Waals surface area contributed by atoms with Crippen molar-refractivity contribution in [2.75, 3.05) is 13.1 Å². The van der Waals surface area contributed by atoms with Crippen molar-refractivity contribution in [1.82, 2.24) is 4.90 Å². The molecular formula is C11H10BrF4NO. The Morgan fingerprint density at radius 3 is 2.50 bits per heavy atom. The summed E-state index contributed by atoms with van der Waals surface area (Å²) in [6, 6.07) is 3.30. The third-order valence-corrected chi connectivity index (χ3v) is 2.89. The molecule has 2 nitrogen and oxygen atoms in total. The van der Waals surface area contributed by atoms with Crippen LogP contribution in [-0.2, 0) is 0 Å². The van der Waals surface area contributed by atoms with Crippen molar-refractivity contribution < 1.29 is 22.4 Å². The van der Waals surface area contributed by atoms with Gasteiger partial charge < -0.3 is 4.90 Å². The highest BCUT2D eigenvalue weighted by Crippen LogP contribution is 2.22. The molecule has 0 aliphatic heterocycles. The van der Waals surface area contributed by atoms with E-state index in [9.17, 15) is 22.4 Å². The largest absolute Gasteiger partial charge is 0.406 e. The Balaban J connectivity index is 3.00. The lowest BCUT2D eigenvalue weighted by molar-refractivity contribution is -0.140. The fourth-order valence-corrected chi connectivity index (χ4v) is 1.79. The minimum atomic E-state index is -4.48. The summed E-state index contributed by atoms with van der Waals surface area (Å²) < 4.78 is 50.1. The number of hydrogen-bond acceptors (Lipinski definition) is 1. The van der Waals surface area contributed by atoms with E-state index in [1.165, 1.54) is 13.0 Å². The third kappa shape index (κ3) is 3.97. The van der Waals surface area contributed by atoms with Gasteiger partial charge in [0.25, 0.3) is 5.91 Å². The molecule has 0 heterocycles. The summed E-state index contributed by atoms with van der Waals surface area (Å²) in [5.41, 5.74) is -0.124. The smallest absolute Gasteiger partial charge is 0.330 e. The number of alkyl halides is 3. The fraction of sp³-hybridized carbons (Fsp3) is 0.364. The number of rotatable bonds is 3. The number of amides is 1. The molecule has 0 radical (unpaired) electrons. The van der Waals surface area contributed by atoms with Crippen LogP contribution in [-0.4, -0.2) is 30.1 Å². The number of halogens is 5. The molecule has 0 aliphatic carbocycles. The first-order valence-corrected chi connectivity index (χ1v) is 5.85. The Kier molecular flexibility index (Phi) is 4.72. The van der Waals surface area contributed by atoms with Gasteiger partial charge in [-0.1, -0.05) is 0 Å². The highest BCUT2D eigenvalue weighted by molar-refractivity contribution is 9.10. The third-order valence-electron chi connectivity index (χ3n) is 2.20. The summed E-state index contributed by atoms with van der Waals surface area (Å²) in [6.07, 6.45) is -4.48. The van der Waals surface area contributed by atoms with Crippen LogP contribution in [0.1, 0.15) is 17.3 Å². The number of nitrogens with zero attached hydrogens (tertiary/aromatic N) is 1. The minimum absolute atomic E-state index is 0.110. The number of carbonyl (C=O) groups is 1. The first-order chi connectivity index (χ1) is 8.24. The molecule has 7 heteroatoms. The van der Waals surface area contributed by atoms with Crippen molar-refractivity contribution in [3.05, 3.63) is 34.1 Å². The zero-order chi connectivity index (χ0) is 13.9. The molecule has 1 rings (SSSR count). The lowest BCUT2D eigenvalue weighted by Crippen LogP contribution is -2.39. The predicted octanol–water partition coefficient (Wildman–Crippen LogP) is 3.61. The second-order valence-corrected chi connectivity index (χ2v) is 4.41. The molecule has 100 valence electrons. The van der Waals surface area contributed by atoms with E-state index in [2.05, 4.69) is 15.9 Å².